The third kappa shape index (κ3) is 3.91. The van der Waals surface area contributed by atoms with Crippen molar-refractivity contribution in [2.24, 2.45) is 0 Å². The number of phenols is 1. The molecule has 0 aliphatic carbocycles. The minimum absolute atomic E-state index is 0.0766. The zero-order valence-corrected chi connectivity index (χ0v) is 12.9. The maximum Gasteiger partial charge on any atom is 0.321 e. The summed E-state index contributed by atoms with van der Waals surface area (Å²) in [5.41, 5.74) is 3.62. The predicted molar refractivity (Wildman–Crippen MR) is 86.4 cm³/mol. The quantitative estimate of drug-likeness (QED) is 0.598. The number of nitrogens with one attached hydrogen (secondary N) is 2. The van der Waals surface area contributed by atoms with Gasteiger partial charge >= 0.3 is 6.03 Å². The molecule has 0 aromatic heterocycles. The second-order valence-electron chi connectivity index (χ2n) is 5.12. The highest BCUT2D eigenvalue weighted by Gasteiger charge is 2.06. The summed E-state index contributed by atoms with van der Waals surface area (Å²) in [6.45, 7) is 5.87. The number of carbonyl (C=O) groups excluding carboxylic acids is 1. The van der Waals surface area contributed by atoms with Crippen LogP contribution in [0.3, 0.4) is 0 Å². The van der Waals surface area contributed by atoms with E-state index in [1.807, 2.05) is 39.0 Å². The molecule has 0 spiro atoms. The molecule has 0 aliphatic rings. The summed E-state index contributed by atoms with van der Waals surface area (Å²) in [5.74, 6) is 0.919. The van der Waals surface area contributed by atoms with Gasteiger partial charge in [-0.2, -0.15) is 0 Å². The minimum Gasteiger partial charge on any atom is -0.508 e. The fourth-order valence-electron chi connectivity index (χ4n) is 2.01. The largest absolute Gasteiger partial charge is 0.508 e. The summed E-state index contributed by atoms with van der Waals surface area (Å²) in [7, 11) is 0. The average molecular weight is 300 g/mol. The van der Waals surface area contributed by atoms with E-state index >= 15 is 0 Å². The van der Waals surface area contributed by atoms with Gasteiger partial charge in [0.1, 0.15) is 11.5 Å². The van der Waals surface area contributed by atoms with Crippen molar-refractivity contribution < 1.29 is 14.6 Å². The number of carbonyl (C=O) groups is 1. The Kier molecular flexibility index (Phi) is 4.88. The summed E-state index contributed by atoms with van der Waals surface area (Å²) >= 11 is 0. The molecule has 0 radical (unpaired) electrons. The van der Waals surface area contributed by atoms with E-state index in [0.717, 1.165) is 22.4 Å². The molecule has 0 bridgehead atoms. The van der Waals surface area contributed by atoms with Crippen LogP contribution in [0.4, 0.5) is 10.5 Å². The van der Waals surface area contributed by atoms with E-state index in [-0.39, 0.29) is 18.5 Å². The number of anilines is 1. The van der Waals surface area contributed by atoms with Crippen LogP contribution in [0, 0.1) is 20.8 Å². The van der Waals surface area contributed by atoms with E-state index in [2.05, 4.69) is 10.6 Å². The number of benzene rings is 2. The number of ether oxygens (including phenoxy) is 1. The number of urea groups is 1. The Morgan fingerprint density at radius 1 is 1.14 bits per heavy atom. The molecule has 5 nitrogen and oxygen atoms in total. The first-order chi connectivity index (χ1) is 10.5. The van der Waals surface area contributed by atoms with Crippen molar-refractivity contribution in [3.63, 3.8) is 0 Å². The first-order valence-electron chi connectivity index (χ1n) is 7.01. The van der Waals surface area contributed by atoms with E-state index in [1.54, 1.807) is 12.1 Å². The van der Waals surface area contributed by atoms with E-state index in [4.69, 9.17) is 4.74 Å². The second kappa shape index (κ2) is 6.85. The molecule has 116 valence electrons. The molecule has 22 heavy (non-hydrogen) atoms. The Morgan fingerprint density at radius 3 is 2.64 bits per heavy atom. The van der Waals surface area contributed by atoms with Crippen LogP contribution in [0.15, 0.2) is 36.4 Å². The van der Waals surface area contributed by atoms with Crippen LogP contribution in [0.2, 0.25) is 0 Å². The molecule has 0 aliphatic heterocycles. The highest BCUT2D eigenvalue weighted by molar-refractivity contribution is 5.90. The zero-order chi connectivity index (χ0) is 16.1. The van der Waals surface area contributed by atoms with Crippen LogP contribution in [-0.2, 0) is 0 Å². The van der Waals surface area contributed by atoms with Gasteiger partial charge in [0.25, 0.3) is 0 Å². The lowest BCUT2D eigenvalue weighted by atomic mass is 10.1. The van der Waals surface area contributed by atoms with E-state index in [0.29, 0.717) is 5.69 Å². The summed E-state index contributed by atoms with van der Waals surface area (Å²) in [6, 6.07) is 10.2. The first kappa shape index (κ1) is 15.7. The standard InChI is InChI=1S/C17H20N2O3/c1-11-5-4-6-16(13(11)3)22-10-18-17(21)19-15-8-7-14(20)9-12(15)2/h4-9,20H,10H2,1-3H3,(H2,18,19,21). The molecule has 0 fully saturated rings. The highest BCUT2D eigenvalue weighted by atomic mass is 16.5. The summed E-state index contributed by atoms with van der Waals surface area (Å²) < 4.78 is 5.56. The van der Waals surface area contributed by atoms with Gasteiger partial charge in [-0.1, -0.05) is 12.1 Å². The van der Waals surface area contributed by atoms with E-state index in [9.17, 15) is 9.90 Å². The molecule has 2 aromatic carbocycles. The Balaban J connectivity index is 1.87. The topological polar surface area (TPSA) is 70.6 Å². The van der Waals surface area contributed by atoms with Crippen LogP contribution in [0.5, 0.6) is 11.5 Å². The third-order valence-electron chi connectivity index (χ3n) is 3.47. The fourth-order valence-corrected chi connectivity index (χ4v) is 2.01. The summed E-state index contributed by atoms with van der Waals surface area (Å²) in [6.07, 6.45) is 0. The predicted octanol–water partition coefficient (Wildman–Crippen LogP) is 3.48. The van der Waals surface area contributed by atoms with Gasteiger partial charge < -0.3 is 20.5 Å². The van der Waals surface area contributed by atoms with Crippen molar-refractivity contribution in [1.82, 2.24) is 5.32 Å². The van der Waals surface area contributed by atoms with Crippen molar-refractivity contribution in [3.8, 4) is 11.5 Å². The molecule has 0 heterocycles. The third-order valence-corrected chi connectivity index (χ3v) is 3.47. The molecule has 2 aromatic rings. The summed E-state index contributed by atoms with van der Waals surface area (Å²) in [5, 5.41) is 14.7. The molecular weight excluding hydrogens is 280 g/mol. The van der Waals surface area contributed by atoms with Crippen molar-refractivity contribution in [1.29, 1.82) is 0 Å². The van der Waals surface area contributed by atoms with Crippen molar-refractivity contribution in [2.45, 2.75) is 20.8 Å². The monoisotopic (exact) mass is 300 g/mol. The molecule has 2 amide bonds. The molecular formula is C17H20N2O3. The molecule has 3 N–H and O–H groups in total. The maximum absolute atomic E-state index is 11.8. The van der Waals surface area contributed by atoms with Gasteiger partial charge in [-0.05, 0) is 61.7 Å². The minimum atomic E-state index is -0.362. The Hall–Kier alpha value is -2.69. The lowest BCUT2D eigenvalue weighted by Gasteiger charge is -2.13. The van der Waals surface area contributed by atoms with Crippen LogP contribution < -0.4 is 15.4 Å². The van der Waals surface area contributed by atoms with E-state index < -0.39 is 0 Å². The number of hydrogen-bond donors (Lipinski definition) is 3. The number of amides is 2. The van der Waals surface area contributed by atoms with E-state index in [1.165, 1.54) is 6.07 Å². The molecule has 2 rings (SSSR count). The average Bonchev–Trinajstić information content (AvgIpc) is 2.46. The number of aromatic hydroxyl groups is 1. The van der Waals surface area contributed by atoms with Crippen molar-refractivity contribution in [2.75, 3.05) is 12.0 Å². The van der Waals surface area contributed by atoms with Crippen molar-refractivity contribution >= 4 is 11.7 Å². The van der Waals surface area contributed by atoms with Gasteiger partial charge in [0.2, 0.25) is 0 Å². The van der Waals surface area contributed by atoms with Crippen LogP contribution >= 0.6 is 0 Å². The fraction of sp³-hybridized carbons (Fsp3) is 0.235. The number of rotatable bonds is 4. The molecule has 0 atom stereocenters. The zero-order valence-electron chi connectivity index (χ0n) is 12.9. The lowest BCUT2D eigenvalue weighted by molar-refractivity contribution is 0.234. The van der Waals surface area contributed by atoms with Gasteiger partial charge in [0, 0.05) is 5.69 Å². The van der Waals surface area contributed by atoms with Gasteiger partial charge in [0.05, 0.1) is 0 Å². The van der Waals surface area contributed by atoms with Crippen LogP contribution in [-0.4, -0.2) is 17.9 Å². The van der Waals surface area contributed by atoms with Gasteiger partial charge in [-0.25, -0.2) is 4.79 Å². The Bertz CT molecular complexity index is 684. The van der Waals surface area contributed by atoms with Gasteiger partial charge in [0.15, 0.2) is 6.73 Å². The van der Waals surface area contributed by atoms with Gasteiger partial charge in [-0.3, -0.25) is 0 Å². The Labute approximate surface area is 129 Å². The van der Waals surface area contributed by atoms with Gasteiger partial charge in [-0.15, -0.1) is 0 Å². The lowest BCUT2D eigenvalue weighted by Crippen LogP contribution is -2.32. The number of phenolic OH excluding ortho intramolecular Hbond substituents is 1. The smallest absolute Gasteiger partial charge is 0.321 e. The SMILES string of the molecule is Cc1cc(O)ccc1NC(=O)NCOc1cccc(C)c1C. The summed E-state index contributed by atoms with van der Waals surface area (Å²) in [4.78, 5) is 11.8. The van der Waals surface area contributed by atoms with Crippen molar-refractivity contribution in [3.05, 3.63) is 53.1 Å². The highest BCUT2D eigenvalue weighted by Crippen LogP contribution is 2.21. The molecule has 0 saturated carbocycles. The maximum atomic E-state index is 11.8. The first-order valence-corrected chi connectivity index (χ1v) is 7.01. The Morgan fingerprint density at radius 2 is 1.91 bits per heavy atom. The molecule has 0 unspecified atom stereocenters. The van der Waals surface area contributed by atoms with Crippen LogP contribution in [0.1, 0.15) is 16.7 Å². The number of aryl methyl sites for hydroxylation is 2. The normalized spacial score (nSPS) is 10.1. The van der Waals surface area contributed by atoms with Crippen LogP contribution in [0.25, 0.3) is 0 Å². The molecule has 5 heteroatoms. The molecule has 0 saturated heterocycles. The second-order valence-corrected chi connectivity index (χ2v) is 5.12. The number of hydrogen-bond acceptors (Lipinski definition) is 3.